The number of amides is 1. The molecule has 4 rings (SSSR count). The highest BCUT2D eigenvalue weighted by Gasteiger charge is 2.38. The van der Waals surface area contributed by atoms with Gasteiger partial charge in [0.25, 0.3) is 5.91 Å². The summed E-state index contributed by atoms with van der Waals surface area (Å²) in [6.45, 7) is 2.64. The molecule has 1 N–H and O–H groups in total. The van der Waals surface area contributed by atoms with Crippen molar-refractivity contribution in [1.82, 2.24) is 9.62 Å². The van der Waals surface area contributed by atoms with Crippen molar-refractivity contribution in [2.75, 3.05) is 20.3 Å². The lowest BCUT2D eigenvalue weighted by Gasteiger charge is -2.21. The quantitative estimate of drug-likeness (QED) is 0.450. The van der Waals surface area contributed by atoms with E-state index in [1.807, 2.05) is 0 Å². The molecule has 0 radical (unpaired) electrons. The summed E-state index contributed by atoms with van der Waals surface area (Å²) in [4.78, 5) is 27.3. The SMILES string of the molecule is COC(=O)C1=C(C)N(C[C@@H]2CCCO2)C(=O)C1=Cc1ccc(CNS(=O)(=O)c2ccccc2)o1. The molecule has 0 aliphatic carbocycles. The molecule has 34 heavy (non-hydrogen) atoms. The molecule has 2 aliphatic heterocycles. The lowest BCUT2D eigenvalue weighted by Crippen LogP contribution is -2.33. The van der Waals surface area contributed by atoms with Gasteiger partial charge in [0.1, 0.15) is 11.5 Å². The first kappa shape index (κ1) is 23.9. The molecule has 0 spiro atoms. The summed E-state index contributed by atoms with van der Waals surface area (Å²) in [6.07, 6.45) is 3.18. The van der Waals surface area contributed by atoms with Gasteiger partial charge in [0, 0.05) is 12.3 Å². The Morgan fingerprint density at radius 2 is 2.00 bits per heavy atom. The van der Waals surface area contributed by atoms with Gasteiger partial charge >= 0.3 is 5.97 Å². The number of nitrogens with one attached hydrogen (secondary N) is 1. The minimum Gasteiger partial charge on any atom is -0.465 e. The number of ether oxygens (including phenoxy) is 2. The standard InChI is InChI=1S/C24H26N2O7S/c1-16-22(24(28)31-2)21(23(27)26(16)15-19-7-6-12-32-19)13-17-10-11-18(33-17)14-25-34(29,30)20-8-4-3-5-9-20/h3-5,8-11,13,19,25H,6-7,12,14-15H2,1-2H3/t19-/m0/s1. The molecule has 1 atom stereocenters. The van der Waals surface area contributed by atoms with Gasteiger partial charge in [0.15, 0.2) is 0 Å². The number of nitrogens with zero attached hydrogens (tertiary/aromatic N) is 1. The van der Waals surface area contributed by atoms with E-state index < -0.39 is 16.0 Å². The molecule has 1 amide bonds. The van der Waals surface area contributed by atoms with Gasteiger partial charge in [0.2, 0.25) is 10.0 Å². The van der Waals surface area contributed by atoms with Gasteiger partial charge in [0.05, 0.1) is 42.3 Å². The lowest BCUT2D eigenvalue weighted by molar-refractivity contribution is -0.136. The van der Waals surface area contributed by atoms with E-state index in [0.29, 0.717) is 30.4 Å². The molecule has 2 aliphatic rings. The molecule has 2 aromatic rings. The van der Waals surface area contributed by atoms with E-state index in [9.17, 15) is 18.0 Å². The first-order chi connectivity index (χ1) is 16.3. The lowest BCUT2D eigenvalue weighted by atomic mass is 10.1. The maximum Gasteiger partial charge on any atom is 0.340 e. The molecule has 1 aromatic carbocycles. The van der Waals surface area contributed by atoms with E-state index in [1.165, 1.54) is 30.2 Å². The van der Waals surface area contributed by atoms with Crippen molar-refractivity contribution >= 4 is 28.0 Å². The van der Waals surface area contributed by atoms with Gasteiger partial charge in [-0.05, 0) is 50.1 Å². The van der Waals surface area contributed by atoms with E-state index >= 15 is 0 Å². The summed E-state index contributed by atoms with van der Waals surface area (Å²) in [5.41, 5.74) is 0.836. The minimum absolute atomic E-state index is 0.0712. The molecule has 0 saturated carbocycles. The third kappa shape index (κ3) is 4.98. The van der Waals surface area contributed by atoms with Crippen molar-refractivity contribution in [2.24, 2.45) is 0 Å². The Morgan fingerprint density at radius 1 is 1.24 bits per heavy atom. The number of furan rings is 1. The van der Waals surface area contributed by atoms with Crippen LogP contribution in [0.2, 0.25) is 0 Å². The second-order valence-electron chi connectivity index (χ2n) is 8.00. The summed E-state index contributed by atoms with van der Waals surface area (Å²) in [5.74, 6) is -0.288. The molecular weight excluding hydrogens is 460 g/mol. The van der Waals surface area contributed by atoms with E-state index in [0.717, 1.165) is 12.8 Å². The van der Waals surface area contributed by atoms with Crippen molar-refractivity contribution in [3.8, 4) is 0 Å². The summed E-state index contributed by atoms with van der Waals surface area (Å²) in [7, 11) is -2.44. The molecule has 0 unspecified atom stereocenters. The summed E-state index contributed by atoms with van der Waals surface area (Å²) in [6, 6.07) is 11.2. The van der Waals surface area contributed by atoms with Crippen molar-refractivity contribution in [3.05, 3.63) is 70.8 Å². The minimum atomic E-state index is -3.70. The van der Waals surface area contributed by atoms with Gasteiger partial charge in [-0.2, -0.15) is 0 Å². The third-order valence-corrected chi connectivity index (χ3v) is 7.19. The Bertz CT molecular complexity index is 1240. The van der Waals surface area contributed by atoms with Gasteiger partial charge in [-0.15, -0.1) is 0 Å². The number of hydrogen-bond acceptors (Lipinski definition) is 7. The zero-order valence-corrected chi connectivity index (χ0v) is 19.8. The van der Waals surface area contributed by atoms with Crippen molar-refractivity contribution < 1.29 is 31.9 Å². The van der Waals surface area contributed by atoms with Gasteiger partial charge in [-0.3, -0.25) is 4.79 Å². The number of hydrogen-bond donors (Lipinski definition) is 1. The predicted molar refractivity (Wildman–Crippen MR) is 123 cm³/mol. The van der Waals surface area contributed by atoms with Crippen LogP contribution in [0.25, 0.3) is 6.08 Å². The zero-order chi connectivity index (χ0) is 24.3. The zero-order valence-electron chi connectivity index (χ0n) is 18.9. The van der Waals surface area contributed by atoms with Crippen LogP contribution in [0.15, 0.2) is 68.6 Å². The van der Waals surface area contributed by atoms with Crippen LogP contribution in [-0.4, -0.2) is 51.6 Å². The number of allylic oxidation sites excluding steroid dienone is 1. The number of benzene rings is 1. The Labute approximate surface area is 198 Å². The topological polar surface area (TPSA) is 115 Å². The Morgan fingerprint density at radius 3 is 2.68 bits per heavy atom. The summed E-state index contributed by atoms with van der Waals surface area (Å²) in [5, 5.41) is 0. The summed E-state index contributed by atoms with van der Waals surface area (Å²) < 4.78 is 43.6. The normalized spacial score (nSPS) is 19.9. The second-order valence-corrected chi connectivity index (χ2v) is 9.77. The van der Waals surface area contributed by atoms with E-state index in [-0.39, 0.29) is 34.6 Å². The molecule has 1 saturated heterocycles. The first-order valence-electron chi connectivity index (χ1n) is 10.9. The maximum atomic E-state index is 13.2. The maximum absolute atomic E-state index is 13.2. The fourth-order valence-electron chi connectivity index (χ4n) is 4.00. The first-order valence-corrected chi connectivity index (χ1v) is 12.4. The smallest absolute Gasteiger partial charge is 0.340 e. The average Bonchev–Trinajstić information content (AvgIpc) is 3.56. The number of carbonyl (C=O) groups is 2. The highest BCUT2D eigenvalue weighted by molar-refractivity contribution is 7.89. The molecule has 180 valence electrons. The highest BCUT2D eigenvalue weighted by atomic mass is 32.2. The molecular formula is C24H26N2O7S. The number of carbonyl (C=O) groups excluding carboxylic acids is 2. The van der Waals surface area contributed by atoms with Crippen LogP contribution < -0.4 is 4.72 Å². The van der Waals surface area contributed by atoms with Crippen LogP contribution in [0.1, 0.15) is 31.3 Å². The van der Waals surface area contributed by atoms with Crippen LogP contribution in [0.3, 0.4) is 0 Å². The van der Waals surface area contributed by atoms with Crippen LogP contribution >= 0.6 is 0 Å². The number of rotatable bonds is 8. The molecule has 10 heteroatoms. The molecule has 3 heterocycles. The second kappa shape index (κ2) is 9.96. The van der Waals surface area contributed by atoms with Crippen LogP contribution in [0.5, 0.6) is 0 Å². The van der Waals surface area contributed by atoms with E-state index in [2.05, 4.69) is 4.72 Å². The highest BCUT2D eigenvalue weighted by Crippen LogP contribution is 2.33. The van der Waals surface area contributed by atoms with E-state index in [4.69, 9.17) is 13.9 Å². The predicted octanol–water partition coefficient (Wildman–Crippen LogP) is 2.61. The summed E-state index contributed by atoms with van der Waals surface area (Å²) >= 11 is 0. The van der Waals surface area contributed by atoms with Crippen molar-refractivity contribution in [1.29, 1.82) is 0 Å². The van der Waals surface area contributed by atoms with E-state index in [1.54, 1.807) is 37.3 Å². The Hall–Kier alpha value is -3.21. The van der Waals surface area contributed by atoms with Crippen molar-refractivity contribution in [2.45, 2.75) is 37.3 Å². The largest absolute Gasteiger partial charge is 0.465 e. The number of methoxy groups -OCH3 is 1. The van der Waals surface area contributed by atoms with Crippen LogP contribution in [0.4, 0.5) is 0 Å². The van der Waals surface area contributed by atoms with Crippen LogP contribution in [-0.2, 0) is 35.6 Å². The monoisotopic (exact) mass is 486 g/mol. The van der Waals surface area contributed by atoms with Gasteiger partial charge < -0.3 is 18.8 Å². The van der Waals surface area contributed by atoms with Crippen molar-refractivity contribution in [3.63, 3.8) is 0 Å². The third-order valence-electron chi connectivity index (χ3n) is 5.77. The molecule has 9 nitrogen and oxygen atoms in total. The molecule has 0 bridgehead atoms. The number of sulfonamides is 1. The fraction of sp³-hybridized carbons (Fsp3) is 0.333. The fourth-order valence-corrected chi connectivity index (χ4v) is 5.01. The Kier molecular flexibility index (Phi) is 7.01. The van der Waals surface area contributed by atoms with Crippen LogP contribution in [0, 0.1) is 0 Å². The van der Waals surface area contributed by atoms with Gasteiger partial charge in [-0.1, -0.05) is 18.2 Å². The molecule has 1 fully saturated rings. The molecule has 1 aromatic heterocycles. The average molecular weight is 487 g/mol. The Balaban J connectivity index is 1.53. The van der Waals surface area contributed by atoms with Gasteiger partial charge in [-0.25, -0.2) is 17.9 Å². The number of esters is 1.